The van der Waals surface area contributed by atoms with E-state index >= 15 is 0 Å². The zero-order chi connectivity index (χ0) is 15.8. The van der Waals surface area contributed by atoms with Crippen LogP contribution in [-0.2, 0) is 0 Å². The van der Waals surface area contributed by atoms with Gasteiger partial charge in [0.2, 0.25) is 0 Å². The van der Waals surface area contributed by atoms with Gasteiger partial charge in [-0.15, -0.1) is 0 Å². The standard InChI is InChI=1S/C14H18F3N3O/c1-13(2)8-20(6-5-10(13)14(15,16)17)12(21)9-3-4-11(18)19-7-9/h3-4,7,10H,5-6,8H2,1-2H3,(H2,18,19). The number of hydrogen-bond acceptors (Lipinski definition) is 3. The fourth-order valence-electron chi connectivity index (χ4n) is 2.85. The number of carbonyl (C=O) groups excluding carboxylic acids is 1. The number of anilines is 1. The van der Waals surface area contributed by atoms with Crippen molar-refractivity contribution < 1.29 is 18.0 Å². The molecule has 0 spiro atoms. The highest BCUT2D eigenvalue weighted by molar-refractivity contribution is 5.94. The second kappa shape index (κ2) is 5.20. The quantitative estimate of drug-likeness (QED) is 0.867. The first-order valence-corrected chi connectivity index (χ1v) is 6.69. The molecule has 0 bridgehead atoms. The summed E-state index contributed by atoms with van der Waals surface area (Å²) in [7, 11) is 0. The van der Waals surface area contributed by atoms with Crippen molar-refractivity contribution in [2.45, 2.75) is 26.4 Å². The third-order valence-corrected chi connectivity index (χ3v) is 3.95. The molecule has 4 nitrogen and oxygen atoms in total. The van der Waals surface area contributed by atoms with E-state index in [1.54, 1.807) is 13.8 Å². The van der Waals surface area contributed by atoms with Crippen LogP contribution >= 0.6 is 0 Å². The number of carbonyl (C=O) groups is 1. The summed E-state index contributed by atoms with van der Waals surface area (Å²) in [5, 5.41) is 0. The van der Waals surface area contributed by atoms with Gasteiger partial charge in [-0.3, -0.25) is 4.79 Å². The monoisotopic (exact) mass is 301 g/mol. The van der Waals surface area contributed by atoms with Gasteiger partial charge in [0, 0.05) is 19.3 Å². The number of rotatable bonds is 1. The van der Waals surface area contributed by atoms with Gasteiger partial charge >= 0.3 is 6.18 Å². The summed E-state index contributed by atoms with van der Waals surface area (Å²) in [5.41, 5.74) is 4.79. The number of halogens is 3. The van der Waals surface area contributed by atoms with Crippen LogP contribution in [0.3, 0.4) is 0 Å². The normalized spacial score (nSPS) is 22.1. The second-order valence-corrected chi connectivity index (χ2v) is 6.07. The van der Waals surface area contributed by atoms with Crippen molar-refractivity contribution in [1.82, 2.24) is 9.88 Å². The molecule has 2 heterocycles. The number of amides is 1. The van der Waals surface area contributed by atoms with E-state index in [0.717, 1.165) is 0 Å². The second-order valence-electron chi connectivity index (χ2n) is 6.07. The highest BCUT2D eigenvalue weighted by Crippen LogP contribution is 2.45. The van der Waals surface area contributed by atoms with Crippen molar-refractivity contribution >= 4 is 11.7 Å². The van der Waals surface area contributed by atoms with E-state index in [1.807, 2.05) is 0 Å². The highest BCUT2D eigenvalue weighted by Gasteiger charge is 2.51. The zero-order valence-corrected chi connectivity index (χ0v) is 11.9. The molecule has 2 N–H and O–H groups in total. The predicted molar refractivity (Wildman–Crippen MR) is 72.5 cm³/mol. The molecule has 1 amide bonds. The van der Waals surface area contributed by atoms with E-state index in [-0.39, 0.29) is 25.4 Å². The van der Waals surface area contributed by atoms with Crippen LogP contribution < -0.4 is 5.73 Å². The highest BCUT2D eigenvalue weighted by atomic mass is 19.4. The molecule has 1 aromatic rings. The maximum atomic E-state index is 13.0. The molecule has 1 saturated heterocycles. The average molecular weight is 301 g/mol. The van der Waals surface area contributed by atoms with Gasteiger partial charge in [0.1, 0.15) is 5.82 Å². The fourth-order valence-corrected chi connectivity index (χ4v) is 2.85. The van der Waals surface area contributed by atoms with Gasteiger partial charge in [0.05, 0.1) is 11.5 Å². The van der Waals surface area contributed by atoms with Gasteiger partial charge < -0.3 is 10.6 Å². The van der Waals surface area contributed by atoms with Crippen LogP contribution in [0.2, 0.25) is 0 Å². The van der Waals surface area contributed by atoms with E-state index in [2.05, 4.69) is 4.98 Å². The number of piperidine rings is 1. The number of alkyl halides is 3. The molecule has 116 valence electrons. The molecule has 1 aliphatic heterocycles. The minimum atomic E-state index is -4.23. The molecule has 1 aromatic heterocycles. The van der Waals surface area contributed by atoms with Crippen molar-refractivity contribution in [3.8, 4) is 0 Å². The number of aromatic nitrogens is 1. The van der Waals surface area contributed by atoms with Crippen molar-refractivity contribution in [1.29, 1.82) is 0 Å². The van der Waals surface area contributed by atoms with Crippen molar-refractivity contribution in [3.63, 3.8) is 0 Å². The Morgan fingerprint density at radius 1 is 1.43 bits per heavy atom. The van der Waals surface area contributed by atoms with Crippen LogP contribution in [-0.4, -0.2) is 35.1 Å². The van der Waals surface area contributed by atoms with Crippen LogP contribution in [0.4, 0.5) is 19.0 Å². The summed E-state index contributed by atoms with van der Waals surface area (Å²) in [6, 6.07) is 3.04. The van der Waals surface area contributed by atoms with Gasteiger partial charge in [-0.25, -0.2) is 4.98 Å². The van der Waals surface area contributed by atoms with E-state index in [1.165, 1.54) is 23.2 Å². The van der Waals surface area contributed by atoms with Crippen molar-refractivity contribution in [3.05, 3.63) is 23.9 Å². The molecule has 0 saturated carbocycles. The number of nitrogen functional groups attached to an aromatic ring is 1. The number of nitrogens with zero attached hydrogens (tertiary/aromatic N) is 2. The van der Waals surface area contributed by atoms with Crippen LogP contribution in [0.5, 0.6) is 0 Å². The van der Waals surface area contributed by atoms with Gasteiger partial charge in [0.15, 0.2) is 0 Å². The molecule has 1 atom stereocenters. The zero-order valence-electron chi connectivity index (χ0n) is 11.9. The molecule has 0 aromatic carbocycles. The summed E-state index contributed by atoms with van der Waals surface area (Å²) >= 11 is 0. The molecule has 0 aliphatic carbocycles. The fraction of sp³-hybridized carbons (Fsp3) is 0.571. The van der Waals surface area contributed by atoms with Crippen LogP contribution in [0.15, 0.2) is 18.3 Å². The SMILES string of the molecule is CC1(C)CN(C(=O)c2ccc(N)nc2)CCC1C(F)(F)F. The first-order valence-electron chi connectivity index (χ1n) is 6.69. The van der Waals surface area contributed by atoms with Crippen LogP contribution in [0.1, 0.15) is 30.6 Å². The Morgan fingerprint density at radius 2 is 2.10 bits per heavy atom. The molecule has 1 unspecified atom stereocenters. The van der Waals surface area contributed by atoms with E-state index in [9.17, 15) is 18.0 Å². The topological polar surface area (TPSA) is 59.2 Å². The minimum absolute atomic E-state index is 0.0698. The van der Waals surface area contributed by atoms with Gasteiger partial charge in [-0.1, -0.05) is 13.8 Å². The smallest absolute Gasteiger partial charge is 0.384 e. The number of hydrogen-bond donors (Lipinski definition) is 1. The molecule has 7 heteroatoms. The summed E-state index contributed by atoms with van der Waals surface area (Å²) < 4.78 is 39.0. The molecule has 1 aliphatic rings. The first kappa shape index (κ1) is 15.6. The van der Waals surface area contributed by atoms with Gasteiger partial charge in [-0.2, -0.15) is 13.2 Å². The number of likely N-dealkylation sites (tertiary alicyclic amines) is 1. The maximum absolute atomic E-state index is 13.0. The maximum Gasteiger partial charge on any atom is 0.392 e. The lowest BCUT2D eigenvalue weighted by Crippen LogP contribution is -2.52. The molecule has 0 radical (unpaired) electrons. The van der Waals surface area contributed by atoms with Crippen molar-refractivity contribution in [2.75, 3.05) is 18.8 Å². The third kappa shape index (κ3) is 3.28. The first-order chi connectivity index (χ1) is 9.61. The van der Waals surface area contributed by atoms with Crippen molar-refractivity contribution in [2.24, 2.45) is 11.3 Å². The predicted octanol–water partition coefficient (Wildman–Crippen LogP) is 2.71. The summed E-state index contributed by atoms with van der Waals surface area (Å²) in [4.78, 5) is 17.6. The largest absolute Gasteiger partial charge is 0.392 e. The molecular weight excluding hydrogens is 283 g/mol. The van der Waals surface area contributed by atoms with E-state index < -0.39 is 17.5 Å². The lowest BCUT2D eigenvalue weighted by molar-refractivity contribution is -0.214. The van der Waals surface area contributed by atoms with E-state index in [4.69, 9.17) is 5.73 Å². The molecular formula is C14H18F3N3O. The number of nitrogens with two attached hydrogens (primary N) is 1. The van der Waals surface area contributed by atoms with Gasteiger partial charge in [0.25, 0.3) is 5.91 Å². The summed E-state index contributed by atoms with van der Waals surface area (Å²) in [6.07, 6.45) is -2.97. The Bertz CT molecular complexity index is 525. The average Bonchev–Trinajstić information content (AvgIpc) is 2.36. The number of pyridine rings is 1. The summed E-state index contributed by atoms with van der Waals surface area (Å²) in [5.74, 6) is -1.41. The molecule has 2 rings (SSSR count). The lowest BCUT2D eigenvalue weighted by Gasteiger charge is -2.44. The van der Waals surface area contributed by atoms with Crippen LogP contribution in [0.25, 0.3) is 0 Å². The third-order valence-electron chi connectivity index (χ3n) is 3.95. The molecule has 21 heavy (non-hydrogen) atoms. The van der Waals surface area contributed by atoms with Crippen LogP contribution in [0, 0.1) is 11.3 Å². The summed E-state index contributed by atoms with van der Waals surface area (Å²) in [6.45, 7) is 3.26. The van der Waals surface area contributed by atoms with E-state index in [0.29, 0.717) is 11.4 Å². The Balaban J connectivity index is 2.14. The molecule has 1 fully saturated rings. The Morgan fingerprint density at radius 3 is 2.57 bits per heavy atom. The minimum Gasteiger partial charge on any atom is -0.384 e. The van der Waals surface area contributed by atoms with Gasteiger partial charge in [-0.05, 0) is 24.0 Å². The lowest BCUT2D eigenvalue weighted by atomic mass is 9.73. The Hall–Kier alpha value is -1.79. The Kier molecular flexibility index (Phi) is 3.86. The Labute approximate surface area is 121 Å².